The van der Waals surface area contributed by atoms with Gasteiger partial charge in [-0.25, -0.2) is 0 Å². The predicted molar refractivity (Wildman–Crippen MR) is 77.8 cm³/mol. The molecule has 0 radical (unpaired) electrons. The number of hydrogen-bond acceptors (Lipinski definition) is 3. The van der Waals surface area contributed by atoms with Gasteiger partial charge in [0.25, 0.3) is 0 Å². The van der Waals surface area contributed by atoms with Gasteiger partial charge in [-0.15, -0.1) is 0 Å². The summed E-state index contributed by atoms with van der Waals surface area (Å²) in [7, 11) is 0. The molecule has 0 amide bonds. The second-order valence-corrected chi connectivity index (χ2v) is 4.87. The van der Waals surface area contributed by atoms with Crippen LogP contribution in [-0.4, -0.2) is 26.4 Å². The van der Waals surface area contributed by atoms with E-state index in [0.717, 1.165) is 45.0 Å². The third-order valence-electron chi connectivity index (χ3n) is 3.57. The van der Waals surface area contributed by atoms with Crippen LogP contribution in [-0.2, 0) is 11.2 Å². The Hall–Kier alpha value is -1.06. The zero-order valence-corrected chi connectivity index (χ0v) is 12.1. The minimum absolute atomic E-state index is 0.506. The zero-order chi connectivity index (χ0) is 13.5. The van der Waals surface area contributed by atoms with Crippen molar-refractivity contribution in [1.29, 1.82) is 0 Å². The molecule has 0 fully saturated rings. The Morgan fingerprint density at radius 3 is 2.95 bits per heavy atom. The molecular weight excluding hydrogens is 238 g/mol. The molecule has 106 valence electrons. The van der Waals surface area contributed by atoms with Gasteiger partial charge in [0.15, 0.2) is 0 Å². The molecule has 0 spiro atoms. The van der Waals surface area contributed by atoms with Crippen molar-refractivity contribution in [2.75, 3.05) is 26.4 Å². The first-order valence-corrected chi connectivity index (χ1v) is 7.42. The van der Waals surface area contributed by atoms with Gasteiger partial charge < -0.3 is 14.8 Å². The van der Waals surface area contributed by atoms with Crippen molar-refractivity contribution in [1.82, 2.24) is 5.32 Å². The van der Waals surface area contributed by atoms with Crippen molar-refractivity contribution in [3.63, 3.8) is 0 Å². The van der Waals surface area contributed by atoms with E-state index in [9.17, 15) is 0 Å². The van der Waals surface area contributed by atoms with Crippen LogP contribution in [0.25, 0.3) is 0 Å². The Morgan fingerprint density at radius 1 is 1.26 bits per heavy atom. The zero-order valence-electron chi connectivity index (χ0n) is 12.1. The quantitative estimate of drug-likeness (QED) is 0.731. The number of fused-ring (bicyclic) bond motifs is 1. The highest BCUT2D eigenvalue weighted by molar-refractivity contribution is 5.45. The number of hydrogen-bond donors (Lipinski definition) is 1. The molecule has 0 aliphatic heterocycles. The van der Waals surface area contributed by atoms with E-state index in [0.29, 0.717) is 6.04 Å². The van der Waals surface area contributed by atoms with Gasteiger partial charge in [-0.3, -0.25) is 0 Å². The average molecular weight is 263 g/mol. The number of nitrogens with one attached hydrogen (secondary N) is 1. The van der Waals surface area contributed by atoms with Crippen LogP contribution in [0.3, 0.4) is 0 Å². The molecule has 2 rings (SSSR count). The molecule has 19 heavy (non-hydrogen) atoms. The molecule has 3 nitrogen and oxygen atoms in total. The van der Waals surface area contributed by atoms with Crippen molar-refractivity contribution < 1.29 is 9.47 Å². The molecule has 1 atom stereocenters. The first-order chi connectivity index (χ1) is 9.36. The van der Waals surface area contributed by atoms with E-state index in [-0.39, 0.29) is 0 Å². The molecule has 0 heterocycles. The van der Waals surface area contributed by atoms with Crippen LogP contribution in [0.1, 0.15) is 43.9 Å². The van der Waals surface area contributed by atoms with E-state index in [2.05, 4.69) is 30.4 Å². The van der Waals surface area contributed by atoms with Gasteiger partial charge in [0, 0.05) is 25.7 Å². The normalized spacial score (nSPS) is 17.5. The lowest BCUT2D eigenvalue weighted by Gasteiger charge is -2.14. The highest BCUT2D eigenvalue weighted by atomic mass is 16.5. The largest absolute Gasteiger partial charge is 0.493 e. The molecule has 0 saturated heterocycles. The van der Waals surface area contributed by atoms with Crippen molar-refractivity contribution in [3.05, 3.63) is 29.3 Å². The van der Waals surface area contributed by atoms with Crippen molar-refractivity contribution in [2.24, 2.45) is 0 Å². The summed E-state index contributed by atoms with van der Waals surface area (Å²) in [5, 5.41) is 3.54. The van der Waals surface area contributed by atoms with Crippen molar-refractivity contribution in [2.45, 2.75) is 39.2 Å². The van der Waals surface area contributed by atoms with Gasteiger partial charge >= 0.3 is 0 Å². The maximum Gasteiger partial charge on any atom is 0.122 e. The molecule has 1 unspecified atom stereocenters. The van der Waals surface area contributed by atoms with E-state index < -0.39 is 0 Å². The Labute approximate surface area is 116 Å². The fourth-order valence-corrected chi connectivity index (χ4v) is 2.70. The third-order valence-corrected chi connectivity index (χ3v) is 3.57. The van der Waals surface area contributed by atoms with Gasteiger partial charge in [0.2, 0.25) is 0 Å². The molecule has 0 bridgehead atoms. The van der Waals surface area contributed by atoms with Crippen LogP contribution in [0, 0.1) is 0 Å². The summed E-state index contributed by atoms with van der Waals surface area (Å²) in [4.78, 5) is 0. The summed E-state index contributed by atoms with van der Waals surface area (Å²) in [6, 6.07) is 6.93. The highest BCUT2D eigenvalue weighted by Crippen LogP contribution is 2.36. The summed E-state index contributed by atoms with van der Waals surface area (Å²) in [6.07, 6.45) is 3.26. The summed E-state index contributed by atoms with van der Waals surface area (Å²) in [5.41, 5.74) is 2.81. The molecule has 1 aliphatic carbocycles. The van der Waals surface area contributed by atoms with E-state index >= 15 is 0 Å². The van der Waals surface area contributed by atoms with Crippen LogP contribution in [0.5, 0.6) is 5.75 Å². The molecule has 1 aliphatic rings. The maximum absolute atomic E-state index is 5.91. The van der Waals surface area contributed by atoms with Crippen LogP contribution in [0.4, 0.5) is 0 Å². The molecular formula is C16H25NO2. The summed E-state index contributed by atoms with van der Waals surface area (Å²) in [5.74, 6) is 1.06. The first kappa shape index (κ1) is 14.4. The molecule has 0 aromatic heterocycles. The van der Waals surface area contributed by atoms with Gasteiger partial charge in [-0.05, 0) is 43.5 Å². The number of benzene rings is 1. The Balaban J connectivity index is 1.92. The fraction of sp³-hybridized carbons (Fsp3) is 0.625. The summed E-state index contributed by atoms with van der Waals surface area (Å²) >= 11 is 0. The minimum atomic E-state index is 0.506. The molecule has 1 N–H and O–H groups in total. The third kappa shape index (κ3) is 3.71. The highest BCUT2D eigenvalue weighted by Gasteiger charge is 2.24. The van der Waals surface area contributed by atoms with Crippen molar-refractivity contribution in [3.8, 4) is 5.75 Å². The smallest absolute Gasteiger partial charge is 0.122 e. The first-order valence-electron chi connectivity index (χ1n) is 7.42. The fourth-order valence-electron chi connectivity index (χ4n) is 2.70. The van der Waals surface area contributed by atoms with Gasteiger partial charge in [-0.1, -0.05) is 19.1 Å². The second-order valence-electron chi connectivity index (χ2n) is 4.87. The summed E-state index contributed by atoms with van der Waals surface area (Å²) in [6.45, 7) is 7.50. The SMILES string of the molecule is CCNC1CCc2c(OCCCOCC)cccc21. The van der Waals surface area contributed by atoms with Gasteiger partial charge in [0.05, 0.1) is 6.61 Å². The minimum Gasteiger partial charge on any atom is -0.493 e. The lowest BCUT2D eigenvalue weighted by atomic mass is 10.1. The summed E-state index contributed by atoms with van der Waals surface area (Å²) < 4.78 is 11.2. The van der Waals surface area contributed by atoms with E-state index in [4.69, 9.17) is 9.47 Å². The number of rotatable bonds is 8. The van der Waals surface area contributed by atoms with Gasteiger partial charge in [0.1, 0.15) is 5.75 Å². The average Bonchev–Trinajstić information content (AvgIpc) is 2.83. The maximum atomic E-state index is 5.91. The predicted octanol–water partition coefficient (Wildman–Crippen LogP) is 3.09. The van der Waals surface area contributed by atoms with E-state index in [1.165, 1.54) is 17.5 Å². The van der Waals surface area contributed by atoms with E-state index in [1.807, 2.05) is 6.92 Å². The molecule has 3 heteroatoms. The van der Waals surface area contributed by atoms with Crippen LogP contribution >= 0.6 is 0 Å². The molecule has 1 aromatic carbocycles. The second kappa shape index (κ2) is 7.51. The Morgan fingerprint density at radius 2 is 2.16 bits per heavy atom. The lowest BCUT2D eigenvalue weighted by molar-refractivity contribution is 0.130. The standard InChI is InChI=1S/C16H25NO2/c1-3-17-15-10-9-14-13(15)7-5-8-16(14)19-12-6-11-18-4-2/h5,7-8,15,17H,3-4,6,9-12H2,1-2H3. The monoisotopic (exact) mass is 263 g/mol. The topological polar surface area (TPSA) is 30.5 Å². The number of ether oxygens (including phenoxy) is 2. The van der Waals surface area contributed by atoms with Gasteiger partial charge in [-0.2, -0.15) is 0 Å². The Kier molecular flexibility index (Phi) is 5.67. The molecule has 0 saturated carbocycles. The lowest BCUT2D eigenvalue weighted by Crippen LogP contribution is -2.18. The Bertz CT molecular complexity index is 392. The van der Waals surface area contributed by atoms with Crippen LogP contribution in [0.2, 0.25) is 0 Å². The van der Waals surface area contributed by atoms with Crippen LogP contribution < -0.4 is 10.1 Å². The molecule has 1 aromatic rings. The van der Waals surface area contributed by atoms with E-state index in [1.54, 1.807) is 0 Å². The van der Waals surface area contributed by atoms with Crippen molar-refractivity contribution >= 4 is 0 Å². The van der Waals surface area contributed by atoms with Crippen LogP contribution in [0.15, 0.2) is 18.2 Å².